The van der Waals surface area contributed by atoms with Gasteiger partial charge in [0.15, 0.2) is 0 Å². The van der Waals surface area contributed by atoms with Crippen molar-refractivity contribution in [3.63, 3.8) is 0 Å². The SMILES string of the molecule is c1ccc(-c2ccc(N(c3ccc(-c4ccccc4)cc3)c3ccc(-c4ccc(-c5cccc6c5oc5c(-c7ccc8c(c7)c7ccccc7n8-c7ccccc7)cccc56)cc4)cc3)cc2)cc1. The summed E-state index contributed by atoms with van der Waals surface area (Å²) in [6.45, 7) is 0. The van der Waals surface area contributed by atoms with E-state index in [4.69, 9.17) is 4.42 Å². The summed E-state index contributed by atoms with van der Waals surface area (Å²) in [4.78, 5) is 2.33. The molecule has 13 aromatic rings. The Morgan fingerprint density at radius 2 is 0.638 bits per heavy atom. The van der Waals surface area contributed by atoms with Crippen LogP contribution in [0.25, 0.3) is 105 Å². The normalized spacial score (nSPS) is 11.5. The van der Waals surface area contributed by atoms with Crippen molar-refractivity contribution < 1.29 is 4.42 Å². The van der Waals surface area contributed by atoms with E-state index < -0.39 is 0 Å². The van der Waals surface area contributed by atoms with Crippen LogP contribution in [-0.4, -0.2) is 4.57 Å². The highest BCUT2D eigenvalue weighted by Crippen LogP contribution is 2.43. The fourth-order valence-electron chi connectivity index (χ4n) is 10.2. The Kier molecular flexibility index (Phi) is 9.84. The Balaban J connectivity index is 0.821. The van der Waals surface area contributed by atoms with Gasteiger partial charge in [-0.25, -0.2) is 0 Å². The molecule has 0 saturated heterocycles. The molecule has 0 aliphatic rings. The lowest BCUT2D eigenvalue weighted by Gasteiger charge is -2.26. The molecular weight excluding hydrogens is 837 g/mol. The van der Waals surface area contributed by atoms with Crippen molar-refractivity contribution in [1.82, 2.24) is 4.57 Å². The largest absolute Gasteiger partial charge is 0.455 e. The maximum absolute atomic E-state index is 6.97. The van der Waals surface area contributed by atoms with Crippen LogP contribution in [0.3, 0.4) is 0 Å². The molecule has 3 nitrogen and oxygen atoms in total. The highest BCUT2D eigenvalue weighted by molar-refractivity contribution is 6.15. The Hall–Kier alpha value is -9.18. The minimum absolute atomic E-state index is 0.896. The number of nitrogens with zero attached hydrogens (tertiary/aromatic N) is 2. The van der Waals surface area contributed by atoms with E-state index in [1.807, 2.05) is 0 Å². The molecular formula is C66H44N2O. The van der Waals surface area contributed by atoms with E-state index in [1.165, 1.54) is 44.1 Å². The van der Waals surface area contributed by atoms with E-state index in [1.54, 1.807) is 0 Å². The van der Waals surface area contributed by atoms with Crippen molar-refractivity contribution in [2.24, 2.45) is 0 Å². The fourth-order valence-corrected chi connectivity index (χ4v) is 10.2. The number of fused-ring (bicyclic) bond motifs is 6. The predicted molar refractivity (Wildman–Crippen MR) is 290 cm³/mol. The minimum atomic E-state index is 0.896. The highest BCUT2D eigenvalue weighted by Gasteiger charge is 2.19. The van der Waals surface area contributed by atoms with Crippen LogP contribution < -0.4 is 4.90 Å². The Morgan fingerprint density at radius 3 is 1.16 bits per heavy atom. The van der Waals surface area contributed by atoms with Crippen LogP contribution in [0, 0.1) is 0 Å². The molecule has 3 heteroatoms. The summed E-state index contributed by atoms with van der Waals surface area (Å²) >= 11 is 0. The van der Waals surface area contributed by atoms with Crippen LogP contribution in [0.1, 0.15) is 0 Å². The molecule has 0 aliphatic carbocycles. The number of anilines is 3. The van der Waals surface area contributed by atoms with Crippen LogP contribution in [0.5, 0.6) is 0 Å². The van der Waals surface area contributed by atoms with Gasteiger partial charge in [-0.1, -0.05) is 200 Å². The molecule has 0 amide bonds. The lowest BCUT2D eigenvalue weighted by molar-refractivity contribution is 0.671. The molecule has 2 aromatic heterocycles. The number of aromatic nitrogens is 1. The molecule has 0 saturated carbocycles. The van der Waals surface area contributed by atoms with Crippen LogP contribution in [0.15, 0.2) is 271 Å². The van der Waals surface area contributed by atoms with Crippen molar-refractivity contribution in [2.45, 2.75) is 0 Å². The van der Waals surface area contributed by atoms with Gasteiger partial charge in [-0.3, -0.25) is 0 Å². The van der Waals surface area contributed by atoms with E-state index in [-0.39, 0.29) is 0 Å². The smallest absolute Gasteiger partial charge is 0.143 e. The zero-order valence-corrected chi connectivity index (χ0v) is 37.7. The third-order valence-electron chi connectivity index (χ3n) is 13.6. The molecule has 0 unspecified atom stereocenters. The van der Waals surface area contributed by atoms with Crippen molar-refractivity contribution in [1.29, 1.82) is 0 Å². The molecule has 0 N–H and O–H groups in total. The summed E-state index contributed by atoms with van der Waals surface area (Å²) in [6.07, 6.45) is 0. The molecule has 13 rings (SSSR count). The van der Waals surface area contributed by atoms with E-state index in [9.17, 15) is 0 Å². The van der Waals surface area contributed by atoms with Crippen LogP contribution >= 0.6 is 0 Å². The third kappa shape index (κ3) is 7.16. The maximum atomic E-state index is 6.97. The molecule has 2 heterocycles. The first-order valence-electron chi connectivity index (χ1n) is 23.6. The van der Waals surface area contributed by atoms with E-state index in [2.05, 4.69) is 276 Å². The van der Waals surface area contributed by atoms with Gasteiger partial charge in [0.25, 0.3) is 0 Å². The number of furan rings is 1. The first-order valence-corrected chi connectivity index (χ1v) is 23.6. The summed E-state index contributed by atoms with van der Waals surface area (Å²) in [7, 11) is 0. The van der Waals surface area contributed by atoms with Gasteiger partial charge in [0, 0.05) is 55.4 Å². The Labute approximate surface area is 401 Å². The van der Waals surface area contributed by atoms with Gasteiger partial charge >= 0.3 is 0 Å². The number of benzene rings is 11. The molecule has 0 aliphatic heterocycles. The van der Waals surface area contributed by atoms with Gasteiger partial charge in [-0.15, -0.1) is 0 Å². The minimum Gasteiger partial charge on any atom is -0.455 e. The van der Waals surface area contributed by atoms with Crippen molar-refractivity contribution >= 4 is 60.8 Å². The number of hydrogen-bond acceptors (Lipinski definition) is 2. The van der Waals surface area contributed by atoms with Gasteiger partial charge in [-0.05, 0) is 111 Å². The quantitative estimate of drug-likeness (QED) is 0.144. The van der Waals surface area contributed by atoms with Gasteiger partial charge in [0.1, 0.15) is 11.2 Å². The molecule has 0 fully saturated rings. The Morgan fingerprint density at radius 1 is 0.261 bits per heavy atom. The highest BCUT2D eigenvalue weighted by atomic mass is 16.3. The lowest BCUT2D eigenvalue weighted by atomic mass is 9.97. The van der Waals surface area contributed by atoms with Gasteiger partial charge in [0.2, 0.25) is 0 Å². The predicted octanol–water partition coefficient (Wildman–Crippen LogP) is 18.5. The van der Waals surface area contributed by atoms with E-state index in [0.717, 1.165) is 78.1 Å². The number of rotatable bonds is 9. The molecule has 324 valence electrons. The Bertz CT molecular complexity index is 3860. The second-order valence-electron chi connectivity index (χ2n) is 17.7. The summed E-state index contributed by atoms with van der Waals surface area (Å²) in [5, 5.41) is 4.67. The van der Waals surface area contributed by atoms with Crippen molar-refractivity contribution in [3.8, 4) is 61.3 Å². The van der Waals surface area contributed by atoms with Crippen LogP contribution in [0.2, 0.25) is 0 Å². The lowest BCUT2D eigenvalue weighted by Crippen LogP contribution is -2.09. The average Bonchev–Trinajstić information content (AvgIpc) is 3.98. The topological polar surface area (TPSA) is 21.3 Å². The molecule has 11 aromatic carbocycles. The van der Waals surface area contributed by atoms with E-state index >= 15 is 0 Å². The maximum Gasteiger partial charge on any atom is 0.143 e. The van der Waals surface area contributed by atoms with Crippen LogP contribution in [-0.2, 0) is 0 Å². The zero-order chi connectivity index (χ0) is 45.7. The molecule has 0 radical (unpaired) electrons. The first-order chi connectivity index (χ1) is 34.2. The third-order valence-corrected chi connectivity index (χ3v) is 13.6. The van der Waals surface area contributed by atoms with Gasteiger partial charge < -0.3 is 13.9 Å². The molecule has 0 bridgehead atoms. The summed E-state index contributed by atoms with van der Waals surface area (Å²) in [5.41, 5.74) is 20.1. The molecule has 0 atom stereocenters. The summed E-state index contributed by atoms with van der Waals surface area (Å²) < 4.78 is 9.33. The van der Waals surface area contributed by atoms with E-state index in [0.29, 0.717) is 0 Å². The standard InChI is InChI=1S/C66H44N2O/c1-4-14-45(15-5-1)48-30-37-54(38-31-48)67(55-39-32-49(33-40-55)46-16-6-2-7-17-46)56-41-34-50(35-42-56)47-26-28-51(29-27-47)57-21-12-23-60-61-24-13-22-58(66(61)69-65(57)60)52-36-43-64-62(44-52)59-20-10-11-25-63(59)68(64)53-18-8-3-9-19-53/h1-44H. The second-order valence-corrected chi connectivity index (χ2v) is 17.7. The second kappa shape index (κ2) is 16.9. The molecule has 69 heavy (non-hydrogen) atoms. The van der Waals surface area contributed by atoms with Crippen molar-refractivity contribution in [3.05, 3.63) is 267 Å². The monoisotopic (exact) mass is 880 g/mol. The zero-order valence-electron chi connectivity index (χ0n) is 37.7. The van der Waals surface area contributed by atoms with Crippen LogP contribution in [0.4, 0.5) is 17.1 Å². The van der Waals surface area contributed by atoms with Gasteiger partial charge in [-0.2, -0.15) is 0 Å². The fraction of sp³-hybridized carbons (Fsp3) is 0. The first kappa shape index (κ1) is 40.1. The van der Waals surface area contributed by atoms with Crippen molar-refractivity contribution in [2.75, 3.05) is 4.90 Å². The summed E-state index contributed by atoms with van der Waals surface area (Å²) in [6, 6.07) is 95.7. The van der Waals surface area contributed by atoms with Gasteiger partial charge in [0.05, 0.1) is 11.0 Å². The summed E-state index contributed by atoms with van der Waals surface area (Å²) in [5.74, 6) is 0. The number of para-hydroxylation sites is 4. The average molecular weight is 881 g/mol. The number of hydrogen-bond donors (Lipinski definition) is 0. The molecule has 0 spiro atoms.